The van der Waals surface area contributed by atoms with Crippen LogP contribution in [0.3, 0.4) is 0 Å². The zero-order valence-corrected chi connectivity index (χ0v) is 21.2. The van der Waals surface area contributed by atoms with Crippen molar-refractivity contribution in [3.8, 4) is 17.0 Å². The number of ether oxygens (including phenoxy) is 1. The fraction of sp³-hybridized carbons (Fsp3) is 0.321. The van der Waals surface area contributed by atoms with E-state index in [0.717, 1.165) is 11.1 Å². The molecule has 0 unspecified atom stereocenters. The summed E-state index contributed by atoms with van der Waals surface area (Å²) in [5.41, 5.74) is 0.939. The van der Waals surface area contributed by atoms with Crippen molar-refractivity contribution in [3.63, 3.8) is 0 Å². The van der Waals surface area contributed by atoms with Crippen LogP contribution in [-0.2, 0) is 19.1 Å². The van der Waals surface area contributed by atoms with Crippen molar-refractivity contribution >= 4 is 11.6 Å². The lowest BCUT2D eigenvalue weighted by molar-refractivity contribution is -0.143. The van der Waals surface area contributed by atoms with E-state index in [9.17, 15) is 18.0 Å². The molecule has 3 heterocycles. The average Bonchev–Trinajstić information content (AvgIpc) is 3.35. The van der Waals surface area contributed by atoms with E-state index in [1.165, 1.54) is 18.9 Å². The topological polar surface area (TPSA) is 63.0 Å². The molecule has 1 aliphatic rings. The fourth-order valence-corrected chi connectivity index (χ4v) is 4.91. The molecule has 2 aromatic carbocycles. The van der Waals surface area contributed by atoms with Gasteiger partial charge in [-0.05, 0) is 36.2 Å². The monoisotopic (exact) mass is 523 g/mol. The largest absolute Gasteiger partial charge is 0.497 e. The van der Waals surface area contributed by atoms with Gasteiger partial charge in [0.15, 0.2) is 11.3 Å². The minimum Gasteiger partial charge on any atom is -0.497 e. The molecular weight excluding hydrogens is 495 g/mol. The van der Waals surface area contributed by atoms with Gasteiger partial charge in [-0.3, -0.25) is 9.69 Å². The van der Waals surface area contributed by atoms with Crippen molar-refractivity contribution in [1.82, 2.24) is 24.4 Å². The Hall–Kier alpha value is -3.92. The summed E-state index contributed by atoms with van der Waals surface area (Å²) >= 11 is 0. The number of alkyl halides is 3. The number of amides is 1. The van der Waals surface area contributed by atoms with E-state index in [0.29, 0.717) is 37.5 Å². The van der Waals surface area contributed by atoms with E-state index in [-0.39, 0.29) is 34.8 Å². The maximum atomic E-state index is 14.4. The standard InChI is InChI=1S/C28H28F3N5O2/c1-3-22-24(20-9-11-21(38-2)12-10-20)33-26-23(17-32-36(26)25(22)28(29,30)31)27(37)35-15-13-34(14-16-35)18-19-7-5-4-6-8-19/h4-12,17H,3,13-16,18H2,1-2H3. The molecule has 7 nitrogen and oxygen atoms in total. The van der Waals surface area contributed by atoms with Crippen molar-refractivity contribution < 1.29 is 22.7 Å². The first-order valence-corrected chi connectivity index (χ1v) is 12.5. The van der Waals surface area contributed by atoms with Crippen LogP contribution in [0.15, 0.2) is 60.8 Å². The summed E-state index contributed by atoms with van der Waals surface area (Å²) in [6, 6.07) is 16.8. The number of benzene rings is 2. The third-order valence-electron chi connectivity index (χ3n) is 6.87. The van der Waals surface area contributed by atoms with E-state index in [2.05, 4.69) is 27.1 Å². The molecular formula is C28H28F3N5O2. The highest BCUT2D eigenvalue weighted by Gasteiger charge is 2.39. The van der Waals surface area contributed by atoms with Gasteiger partial charge >= 0.3 is 6.18 Å². The van der Waals surface area contributed by atoms with Gasteiger partial charge in [0.1, 0.15) is 11.3 Å². The average molecular weight is 524 g/mol. The second kappa shape index (κ2) is 10.4. The van der Waals surface area contributed by atoms with E-state index in [4.69, 9.17) is 4.74 Å². The Kier molecular flexibility index (Phi) is 7.07. The molecule has 4 aromatic rings. The predicted molar refractivity (Wildman–Crippen MR) is 137 cm³/mol. The van der Waals surface area contributed by atoms with Crippen molar-refractivity contribution in [2.75, 3.05) is 33.3 Å². The molecule has 10 heteroatoms. The Bertz CT molecular complexity index is 1430. The number of nitrogens with zero attached hydrogens (tertiary/aromatic N) is 5. The minimum atomic E-state index is -4.69. The molecule has 0 bridgehead atoms. The molecule has 1 fully saturated rings. The first kappa shape index (κ1) is 25.7. The van der Waals surface area contributed by atoms with Crippen LogP contribution in [-0.4, -0.2) is 63.6 Å². The van der Waals surface area contributed by atoms with E-state index in [1.54, 1.807) is 36.1 Å². The second-order valence-corrected chi connectivity index (χ2v) is 9.21. The number of rotatable bonds is 6. The van der Waals surface area contributed by atoms with Crippen molar-refractivity contribution in [1.29, 1.82) is 0 Å². The highest BCUT2D eigenvalue weighted by Crippen LogP contribution is 2.37. The highest BCUT2D eigenvalue weighted by atomic mass is 19.4. The Morgan fingerprint density at radius 3 is 2.29 bits per heavy atom. The van der Waals surface area contributed by atoms with E-state index >= 15 is 0 Å². The van der Waals surface area contributed by atoms with Gasteiger partial charge in [0, 0.05) is 43.9 Å². The van der Waals surface area contributed by atoms with Crippen molar-refractivity contribution in [3.05, 3.63) is 83.2 Å². The zero-order chi connectivity index (χ0) is 26.9. The van der Waals surface area contributed by atoms with Crippen LogP contribution < -0.4 is 4.74 Å². The molecule has 0 N–H and O–H groups in total. The molecule has 1 saturated heterocycles. The Balaban J connectivity index is 1.49. The zero-order valence-electron chi connectivity index (χ0n) is 21.2. The van der Waals surface area contributed by atoms with Gasteiger partial charge < -0.3 is 9.64 Å². The number of carbonyl (C=O) groups excluding carboxylic acids is 1. The van der Waals surface area contributed by atoms with Crippen LogP contribution in [0.25, 0.3) is 16.9 Å². The summed E-state index contributed by atoms with van der Waals surface area (Å²) in [5, 5.41) is 4.00. The number of fused-ring (bicyclic) bond motifs is 1. The lowest BCUT2D eigenvalue weighted by atomic mass is 10.0. The Morgan fingerprint density at radius 2 is 1.68 bits per heavy atom. The molecule has 0 atom stereocenters. The SMILES string of the molecule is CCc1c(-c2ccc(OC)cc2)nc2c(C(=O)N3CCN(Cc4ccccc4)CC3)cnn2c1C(F)(F)F. The number of hydrogen-bond donors (Lipinski definition) is 0. The Labute approximate surface area is 218 Å². The molecule has 38 heavy (non-hydrogen) atoms. The van der Waals surface area contributed by atoms with Gasteiger partial charge in [-0.15, -0.1) is 0 Å². The van der Waals surface area contributed by atoms with E-state index < -0.39 is 11.9 Å². The number of carbonyl (C=O) groups is 1. The molecule has 1 aliphatic heterocycles. The summed E-state index contributed by atoms with van der Waals surface area (Å²) in [7, 11) is 1.52. The van der Waals surface area contributed by atoms with Crippen LogP contribution in [0.1, 0.15) is 34.1 Å². The van der Waals surface area contributed by atoms with Gasteiger partial charge in [-0.1, -0.05) is 37.3 Å². The van der Waals surface area contributed by atoms with Gasteiger partial charge in [-0.2, -0.15) is 18.3 Å². The molecule has 2 aromatic heterocycles. The van der Waals surface area contributed by atoms with Crippen LogP contribution in [0.4, 0.5) is 13.2 Å². The number of halogens is 3. The quantitative estimate of drug-likeness (QED) is 0.358. The molecule has 0 radical (unpaired) electrons. The van der Waals surface area contributed by atoms with Gasteiger partial charge in [0.25, 0.3) is 5.91 Å². The third kappa shape index (κ3) is 4.96. The summed E-state index contributed by atoms with van der Waals surface area (Å²) in [4.78, 5) is 22.0. The summed E-state index contributed by atoms with van der Waals surface area (Å²) in [6.07, 6.45) is -3.40. The first-order chi connectivity index (χ1) is 18.3. The van der Waals surface area contributed by atoms with Gasteiger partial charge in [0.05, 0.1) is 19.0 Å². The van der Waals surface area contributed by atoms with Gasteiger partial charge in [-0.25, -0.2) is 9.50 Å². The molecule has 5 rings (SSSR count). The smallest absolute Gasteiger partial charge is 0.433 e. The van der Waals surface area contributed by atoms with Crippen molar-refractivity contribution in [2.45, 2.75) is 26.1 Å². The maximum absolute atomic E-state index is 14.4. The molecule has 198 valence electrons. The lowest BCUT2D eigenvalue weighted by Gasteiger charge is -2.34. The number of methoxy groups -OCH3 is 1. The number of aromatic nitrogens is 3. The van der Waals surface area contributed by atoms with Crippen LogP contribution in [0.2, 0.25) is 0 Å². The fourth-order valence-electron chi connectivity index (χ4n) is 4.91. The maximum Gasteiger partial charge on any atom is 0.433 e. The van der Waals surface area contributed by atoms with Crippen LogP contribution >= 0.6 is 0 Å². The molecule has 0 aliphatic carbocycles. The first-order valence-electron chi connectivity index (χ1n) is 12.5. The Morgan fingerprint density at radius 1 is 1.00 bits per heavy atom. The molecule has 0 spiro atoms. The lowest BCUT2D eigenvalue weighted by Crippen LogP contribution is -2.48. The normalized spacial score (nSPS) is 14.7. The number of piperazine rings is 1. The van der Waals surface area contributed by atoms with Crippen LogP contribution in [0, 0.1) is 0 Å². The predicted octanol–water partition coefficient (Wildman–Crippen LogP) is 4.94. The van der Waals surface area contributed by atoms with E-state index in [1.807, 2.05) is 18.2 Å². The van der Waals surface area contributed by atoms with Gasteiger partial charge in [0.2, 0.25) is 0 Å². The van der Waals surface area contributed by atoms with Crippen molar-refractivity contribution in [2.24, 2.45) is 0 Å². The summed E-state index contributed by atoms with van der Waals surface area (Å²) in [5.74, 6) is 0.209. The van der Waals surface area contributed by atoms with Crippen LogP contribution in [0.5, 0.6) is 5.75 Å². The summed E-state index contributed by atoms with van der Waals surface area (Å²) < 4.78 is 49.0. The molecule has 1 amide bonds. The number of hydrogen-bond acceptors (Lipinski definition) is 5. The second-order valence-electron chi connectivity index (χ2n) is 9.21. The highest BCUT2D eigenvalue weighted by molar-refractivity contribution is 6.00. The summed E-state index contributed by atoms with van der Waals surface area (Å²) in [6.45, 7) is 4.69. The molecule has 0 saturated carbocycles. The minimum absolute atomic E-state index is 0.0202. The third-order valence-corrected chi connectivity index (χ3v) is 6.87.